The molecule has 5 nitrogen and oxygen atoms in total. The molecule has 2 amide bonds. The van der Waals surface area contributed by atoms with Crippen LogP contribution in [-0.2, 0) is 4.79 Å². The van der Waals surface area contributed by atoms with Gasteiger partial charge in [0.2, 0.25) is 5.91 Å². The van der Waals surface area contributed by atoms with Crippen molar-refractivity contribution in [2.45, 2.75) is 64.5 Å². The minimum absolute atomic E-state index is 0.0405. The first-order valence-electron chi connectivity index (χ1n) is 9.43. The fraction of sp³-hybridized carbons (Fsp3) is 0.684. The van der Waals surface area contributed by atoms with Gasteiger partial charge in [-0.3, -0.25) is 9.59 Å². The molecular formula is C19H31N3O2S. The SMILES string of the molecule is CC(C)C(NC(=O)c1cccs1)C(=O)NCCNC1CCCCCC1. The zero-order valence-corrected chi connectivity index (χ0v) is 16.2. The lowest BCUT2D eigenvalue weighted by Crippen LogP contribution is -2.50. The summed E-state index contributed by atoms with van der Waals surface area (Å²) in [5.41, 5.74) is 0. The highest BCUT2D eigenvalue weighted by Gasteiger charge is 2.24. The minimum atomic E-state index is -0.507. The zero-order chi connectivity index (χ0) is 18.1. The van der Waals surface area contributed by atoms with Crippen LogP contribution in [0.15, 0.2) is 17.5 Å². The highest BCUT2D eigenvalue weighted by Crippen LogP contribution is 2.16. The van der Waals surface area contributed by atoms with Gasteiger partial charge in [0.15, 0.2) is 0 Å². The van der Waals surface area contributed by atoms with E-state index in [0.29, 0.717) is 17.5 Å². The summed E-state index contributed by atoms with van der Waals surface area (Å²) in [7, 11) is 0. The average molecular weight is 366 g/mol. The quantitative estimate of drug-likeness (QED) is 0.490. The van der Waals surface area contributed by atoms with E-state index in [0.717, 1.165) is 6.54 Å². The smallest absolute Gasteiger partial charge is 0.262 e. The number of carbonyl (C=O) groups excluding carboxylic acids is 2. The van der Waals surface area contributed by atoms with Gasteiger partial charge in [-0.25, -0.2) is 0 Å². The van der Waals surface area contributed by atoms with Crippen LogP contribution < -0.4 is 16.0 Å². The van der Waals surface area contributed by atoms with E-state index in [1.807, 2.05) is 25.3 Å². The van der Waals surface area contributed by atoms with Gasteiger partial charge < -0.3 is 16.0 Å². The van der Waals surface area contributed by atoms with Crippen molar-refractivity contribution in [3.63, 3.8) is 0 Å². The van der Waals surface area contributed by atoms with Crippen LogP contribution in [0.4, 0.5) is 0 Å². The first kappa shape index (κ1) is 19.9. The summed E-state index contributed by atoms with van der Waals surface area (Å²) in [6, 6.07) is 3.68. The van der Waals surface area contributed by atoms with Crippen molar-refractivity contribution in [1.82, 2.24) is 16.0 Å². The molecule has 0 radical (unpaired) electrons. The molecule has 1 aromatic rings. The van der Waals surface area contributed by atoms with Gasteiger partial charge in [-0.1, -0.05) is 45.6 Å². The molecule has 0 aliphatic heterocycles. The third kappa shape index (κ3) is 6.78. The second kappa shape index (κ2) is 10.6. The second-order valence-electron chi connectivity index (χ2n) is 7.11. The molecule has 2 rings (SSSR count). The van der Waals surface area contributed by atoms with Crippen LogP contribution >= 0.6 is 11.3 Å². The number of carbonyl (C=O) groups is 2. The maximum atomic E-state index is 12.4. The Labute approximate surface area is 155 Å². The monoisotopic (exact) mass is 365 g/mol. The van der Waals surface area contributed by atoms with E-state index in [1.165, 1.54) is 49.9 Å². The lowest BCUT2D eigenvalue weighted by molar-refractivity contribution is -0.123. The topological polar surface area (TPSA) is 70.2 Å². The summed E-state index contributed by atoms with van der Waals surface area (Å²) in [6.07, 6.45) is 7.76. The number of thiophene rings is 1. The summed E-state index contributed by atoms with van der Waals surface area (Å²) in [5, 5.41) is 11.2. The van der Waals surface area contributed by atoms with Gasteiger partial charge in [0.1, 0.15) is 6.04 Å². The van der Waals surface area contributed by atoms with Crippen molar-refractivity contribution in [2.24, 2.45) is 5.92 Å². The van der Waals surface area contributed by atoms with E-state index < -0.39 is 6.04 Å². The van der Waals surface area contributed by atoms with Crippen LogP contribution in [0.5, 0.6) is 0 Å². The van der Waals surface area contributed by atoms with Crippen molar-refractivity contribution < 1.29 is 9.59 Å². The van der Waals surface area contributed by atoms with Crippen molar-refractivity contribution in [3.8, 4) is 0 Å². The van der Waals surface area contributed by atoms with Crippen molar-refractivity contribution >= 4 is 23.2 Å². The summed E-state index contributed by atoms with van der Waals surface area (Å²) in [6.45, 7) is 5.26. The number of rotatable bonds is 8. The van der Waals surface area contributed by atoms with Crippen LogP contribution in [0.25, 0.3) is 0 Å². The minimum Gasteiger partial charge on any atom is -0.353 e. The predicted molar refractivity (Wildman–Crippen MR) is 103 cm³/mol. The van der Waals surface area contributed by atoms with Gasteiger partial charge in [0.05, 0.1) is 4.88 Å². The van der Waals surface area contributed by atoms with E-state index in [9.17, 15) is 9.59 Å². The van der Waals surface area contributed by atoms with E-state index in [2.05, 4.69) is 16.0 Å². The molecule has 1 aliphatic carbocycles. The van der Waals surface area contributed by atoms with Gasteiger partial charge in [0.25, 0.3) is 5.91 Å². The molecule has 25 heavy (non-hydrogen) atoms. The molecule has 140 valence electrons. The fourth-order valence-corrected chi connectivity index (χ4v) is 3.84. The van der Waals surface area contributed by atoms with Gasteiger partial charge in [0, 0.05) is 19.1 Å². The third-order valence-electron chi connectivity index (χ3n) is 4.69. The third-order valence-corrected chi connectivity index (χ3v) is 5.56. The number of nitrogens with one attached hydrogen (secondary N) is 3. The molecule has 1 heterocycles. The standard InChI is InChI=1S/C19H31N3O2S/c1-14(2)17(22-18(23)16-10-7-13-25-16)19(24)21-12-11-20-15-8-5-3-4-6-9-15/h7,10,13-15,17,20H,3-6,8-9,11-12H2,1-2H3,(H,21,24)(H,22,23). The van der Waals surface area contributed by atoms with E-state index in [1.54, 1.807) is 6.07 Å². The molecule has 0 bridgehead atoms. The maximum absolute atomic E-state index is 12.4. The van der Waals surface area contributed by atoms with Crippen LogP contribution in [-0.4, -0.2) is 37.0 Å². The van der Waals surface area contributed by atoms with Crippen LogP contribution in [0.3, 0.4) is 0 Å². The second-order valence-corrected chi connectivity index (χ2v) is 8.05. The summed E-state index contributed by atoms with van der Waals surface area (Å²) in [5.74, 6) is -0.248. The molecule has 1 atom stereocenters. The molecule has 0 aromatic carbocycles. The first-order valence-corrected chi connectivity index (χ1v) is 10.3. The number of hydrogen-bond acceptors (Lipinski definition) is 4. The summed E-state index contributed by atoms with van der Waals surface area (Å²) in [4.78, 5) is 25.3. The lowest BCUT2D eigenvalue weighted by atomic mass is 10.0. The molecule has 1 aliphatic rings. The molecule has 1 aromatic heterocycles. The largest absolute Gasteiger partial charge is 0.353 e. The normalized spacial score (nSPS) is 17.1. The molecule has 6 heteroatoms. The molecule has 0 spiro atoms. The Hall–Kier alpha value is -1.40. The predicted octanol–water partition coefficient (Wildman–Crippen LogP) is 2.93. The van der Waals surface area contributed by atoms with E-state index in [4.69, 9.17) is 0 Å². The van der Waals surface area contributed by atoms with Crippen LogP contribution in [0, 0.1) is 5.92 Å². The van der Waals surface area contributed by atoms with Gasteiger partial charge >= 0.3 is 0 Å². The maximum Gasteiger partial charge on any atom is 0.262 e. The average Bonchev–Trinajstić information content (AvgIpc) is 3.00. The van der Waals surface area contributed by atoms with E-state index in [-0.39, 0.29) is 17.7 Å². The van der Waals surface area contributed by atoms with E-state index >= 15 is 0 Å². The Morgan fingerprint density at radius 1 is 1.16 bits per heavy atom. The van der Waals surface area contributed by atoms with Crippen molar-refractivity contribution in [3.05, 3.63) is 22.4 Å². The molecular weight excluding hydrogens is 334 g/mol. The van der Waals surface area contributed by atoms with Crippen LogP contribution in [0.2, 0.25) is 0 Å². The van der Waals surface area contributed by atoms with Gasteiger partial charge in [-0.15, -0.1) is 11.3 Å². The summed E-state index contributed by atoms with van der Waals surface area (Å²) < 4.78 is 0. The molecule has 1 fully saturated rings. The van der Waals surface area contributed by atoms with Crippen molar-refractivity contribution in [2.75, 3.05) is 13.1 Å². The van der Waals surface area contributed by atoms with Gasteiger partial charge in [-0.05, 0) is 30.2 Å². The van der Waals surface area contributed by atoms with Crippen molar-refractivity contribution in [1.29, 1.82) is 0 Å². The Bertz CT molecular complexity index is 523. The Morgan fingerprint density at radius 2 is 1.88 bits per heavy atom. The molecule has 3 N–H and O–H groups in total. The Kier molecular flexibility index (Phi) is 8.41. The Morgan fingerprint density at radius 3 is 2.48 bits per heavy atom. The Balaban J connectivity index is 1.73. The van der Waals surface area contributed by atoms with Crippen LogP contribution in [0.1, 0.15) is 62.0 Å². The fourth-order valence-electron chi connectivity index (χ4n) is 3.21. The lowest BCUT2D eigenvalue weighted by Gasteiger charge is -2.22. The summed E-state index contributed by atoms with van der Waals surface area (Å²) >= 11 is 1.38. The molecule has 0 saturated heterocycles. The molecule has 1 saturated carbocycles. The molecule has 1 unspecified atom stereocenters. The number of amides is 2. The first-order chi connectivity index (χ1) is 12.1. The van der Waals surface area contributed by atoms with Gasteiger partial charge in [-0.2, -0.15) is 0 Å². The highest BCUT2D eigenvalue weighted by molar-refractivity contribution is 7.12. The number of hydrogen-bond donors (Lipinski definition) is 3. The zero-order valence-electron chi connectivity index (χ0n) is 15.3. The highest BCUT2D eigenvalue weighted by atomic mass is 32.1.